The molecule has 0 saturated heterocycles. The number of nitro groups is 1. The number of para-hydroxylation sites is 1. The molecule has 11 heteroatoms. The Morgan fingerprint density at radius 1 is 1.00 bits per heavy atom. The fraction of sp³-hybridized carbons (Fsp3) is 0.160. The van der Waals surface area contributed by atoms with Gasteiger partial charge in [-0.1, -0.05) is 23.4 Å². The first-order valence-electron chi connectivity index (χ1n) is 10.7. The predicted molar refractivity (Wildman–Crippen MR) is 131 cm³/mol. The Bertz CT molecular complexity index is 1420. The third kappa shape index (κ3) is 4.67. The van der Waals surface area contributed by atoms with Crippen LogP contribution >= 0.6 is 0 Å². The Morgan fingerprint density at radius 2 is 1.69 bits per heavy atom. The molecule has 0 unspecified atom stereocenters. The van der Waals surface area contributed by atoms with Crippen LogP contribution in [0.5, 0.6) is 17.2 Å². The van der Waals surface area contributed by atoms with Gasteiger partial charge in [-0.05, 0) is 37.3 Å². The van der Waals surface area contributed by atoms with Gasteiger partial charge in [0.05, 0.1) is 37.5 Å². The number of aryl methyl sites for hydroxylation is 1. The van der Waals surface area contributed by atoms with E-state index in [1.54, 1.807) is 43.3 Å². The topological polar surface area (TPSA) is 139 Å². The molecule has 0 saturated carbocycles. The molecule has 1 heterocycles. The summed E-state index contributed by atoms with van der Waals surface area (Å²) < 4.78 is 21.6. The molecule has 0 atom stereocenters. The summed E-state index contributed by atoms with van der Waals surface area (Å²) in [5.74, 6) is 1.19. The first-order chi connectivity index (χ1) is 17.4. The van der Waals surface area contributed by atoms with Crippen molar-refractivity contribution in [3.63, 3.8) is 0 Å². The third-order valence-electron chi connectivity index (χ3n) is 5.42. The Morgan fingerprint density at radius 3 is 2.33 bits per heavy atom. The summed E-state index contributed by atoms with van der Waals surface area (Å²) in [4.78, 5) is 28.1. The lowest BCUT2D eigenvalue weighted by atomic mass is 10.1. The monoisotopic (exact) mass is 490 g/mol. The molecule has 1 aromatic heterocycles. The molecule has 4 aromatic rings. The highest BCUT2D eigenvalue weighted by Crippen LogP contribution is 2.41. The van der Waals surface area contributed by atoms with Crippen LogP contribution in [0.2, 0.25) is 0 Å². The van der Waals surface area contributed by atoms with E-state index in [0.717, 1.165) is 0 Å². The third-order valence-corrected chi connectivity index (χ3v) is 5.42. The number of nitrogens with zero attached hydrogens (tertiary/aromatic N) is 3. The number of nitrogens with one attached hydrogen (secondary N) is 1. The second-order valence-electron chi connectivity index (χ2n) is 7.60. The van der Waals surface area contributed by atoms with Crippen molar-refractivity contribution >= 4 is 17.3 Å². The van der Waals surface area contributed by atoms with Crippen LogP contribution in [0.3, 0.4) is 0 Å². The Hall–Kier alpha value is -4.93. The summed E-state index contributed by atoms with van der Waals surface area (Å²) in [5, 5.41) is 18.1. The molecule has 0 fully saturated rings. The molecular weight excluding hydrogens is 468 g/mol. The SMILES string of the molecule is COc1cc(-c2noc(-c3ccccc3NC(=O)c3ccc(C)c([N+](=O)[O-])c3)n2)cc(OC)c1OC. The standard InChI is InChI=1S/C25H22N4O7/c1-14-9-10-15(11-19(14)29(31)32)24(30)26-18-8-6-5-7-17(18)25-27-23(28-36-25)16-12-20(33-2)22(35-4)21(13-16)34-3/h5-13H,1-4H3,(H,26,30). The molecule has 0 radical (unpaired) electrons. The van der Waals surface area contributed by atoms with Gasteiger partial charge in [0.1, 0.15) is 0 Å². The highest BCUT2D eigenvalue weighted by Gasteiger charge is 2.20. The predicted octanol–water partition coefficient (Wildman–Crippen LogP) is 4.90. The van der Waals surface area contributed by atoms with Crippen molar-refractivity contribution in [2.24, 2.45) is 0 Å². The van der Waals surface area contributed by atoms with Gasteiger partial charge in [-0.3, -0.25) is 14.9 Å². The van der Waals surface area contributed by atoms with Crippen LogP contribution in [-0.2, 0) is 0 Å². The number of methoxy groups -OCH3 is 3. The van der Waals surface area contributed by atoms with Crippen LogP contribution < -0.4 is 19.5 Å². The second kappa shape index (κ2) is 10.1. The van der Waals surface area contributed by atoms with Crippen LogP contribution in [0.15, 0.2) is 59.1 Å². The quantitative estimate of drug-likeness (QED) is 0.270. The molecule has 4 rings (SSSR count). The van der Waals surface area contributed by atoms with Gasteiger partial charge in [0.25, 0.3) is 17.5 Å². The van der Waals surface area contributed by atoms with Gasteiger partial charge in [-0.2, -0.15) is 4.98 Å². The zero-order chi connectivity index (χ0) is 25.8. The van der Waals surface area contributed by atoms with Crippen molar-refractivity contribution in [2.45, 2.75) is 6.92 Å². The summed E-state index contributed by atoms with van der Waals surface area (Å²) in [6.45, 7) is 1.61. The number of nitro benzene ring substituents is 1. The summed E-state index contributed by atoms with van der Waals surface area (Å²) in [5.41, 5.74) is 1.90. The molecule has 1 amide bonds. The number of amides is 1. The van der Waals surface area contributed by atoms with E-state index in [2.05, 4.69) is 15.5 Å². The van der Waals surface area contributed by atoms with Gasteiger partial charge in [0.15, 0.2) is 11.5 Å². The van der Waals surface area contributed by atoms with Crippen LogP contribution in [0.1, 0.15) is 15.9 Å². The zero-order valence-corrected chi connectivity index (χ0v) is 19.9. The van der Waals surface area contributed by atoms with Gasteiger partial charge in [0.2, 0.25) is 11.6 Å². The minimum absolute atomic E-state index is 0.136. The van der Waals surface area contributed by atoms with E-state index < -0.39 is 10.8 Å². The number of ether oxygens (including phenoxy) is 3. The van der Waals surface area contributed by atoms with E-state index in [9.17, 15) is 14.9 Å². The molecule has 184 valence electrons. The maximum absolute atomic E-state index is 12.9. The molecule has 11 nitrogen and oxygen atoms in total. The number of aromatic nitrogens is 2. The summed E-state index contributed by atoms with van der Waals surface area (Å²) in [7, 11) is 4.52. The molecule has 0 aliphatic heterocycles. The summed E-state index contributed by atoms with van der Waals surface area (Å²) in [6, 6.07) is 14.5. The minimum atomic E-state index is -0.525. The summed E-state index contributed by atoms with van der Waals surface area (Å²) >= 11 is 0. The van der Waals surface area contributed by atoms with Crippen LogP contribution in [0, 0.1) is 17.0 Å². The van der Waals surface area contributed by atoms with E-state index in [1.165, 1.54) is 39.5 Å². The molecule has 0 spiro atoms. The maximum atomic E-state index is 12.9. The molecule has 0 aliphatic carbocycles. The van der Waals surface area contributed by atoms with Crippen molar-refractivity contribution in [1.29, 1.82) is 0 Å². The number of carbonyl (C=O) groups excluding carboxylic acids is 1. The van der Waals surface area contributed by atoms with Crippen molar-refractivity contribution in [3.05, 3.63) is 75.8 Å². The van der Waals surface area contributed by atoms with Crippen LogP contribution in [0.4, 0.5) is 11.4 Å². The lowest BCUT2D eigenvalue weighted by Crippen LogP contribution is -2.13. The van der Waals surface area contributed by atoms with Gasteiger partial charge >= 0.3 is 0 Å². The van der Waals surface area contributed by atoms with E-state index >= 15 is 0 Å². The van der Waals surface area contributed by atoms with Crippen LogP contribution in [0.25, 0.3) is 22.8 Å². The average molecular weight is 490 g/mol. The van der Waals surface area contributed by atoms with Crippen molar-refractivity contribution in [1.82, 2.24) is 10.1 Å². The van der Waals surface area contributed by atoms with E-state index in [0.29, 0.717) is 39.6 Å². The van der Waals surface area contributed by atoms with Gasteiger partial charge < -0.3 is 24.1 Å². The van der Waals surface area contributed by atoms with Crippen molar-refractivity contribution < 1.29 is 28.5 Å². The second-order valence-corrected chi connectivity index (χ2v) is 7.60. The Balaban J connectivity index is 1.66. The normalized spacial score (nSPS) is 10.6. The molecular formula is C25H22N4O7. The van der Waals surface area contributed by atoms with Gasteiger partial charge in [0, 0.05) is 22.8 Å². The highest BCUT2D eigenvalue weighted by atomic mass is 16.6. The smallest absolute Gasteiger partial charge is 0.273 e. The fourth-order valence-corrected chi connectivity index (χ4v) is 3.58. The zero-order valence-electron chi connectivity index (χ0n) is 19.9. The average Bonchev–Trinajstić information content (AvgIpc) is 3.38. The highest BCUT2D eigenvalue weighted by molar-refractivity contribution is 6.06. The van der Waals surface area contributed by atoms with Gasteiger partial charge in [-0.15, -0.1) is 0 Å². The molecule has 1 N–H and O–H groups in total. The van der Waals surface area contributed by atoms with E-state index in [1.807, 2.05) is 0 Å². The first kappa shape index (κ1) is 24.2. The number of hydrogen-bond donors (Lipinski definition) is 1. The number of carbonyl (C=O) groups is 1. The van der Waals surface area contributed by atoms with E-state index in [-0.39, 0.29) is 23.0 Å². The van der Waals surface area contributed by atoms with Crippen molar-refractivity contribution in [2.75, 3.05) is 26.6 Å². The number of anilines is 1. The molecule has 0 aliphatic rings. The lowest BCUT2D eigenvalue weighted by molar-refractivity contribution is -0.385. The largest absolute Gasteiger partial charge is 0.493 e. The fourth-order valence-electron chi connectivity index (χ4n) is 3.58. The Kier molecular flexibility index (Phi) is 6.81. The Labute approximate surface area is 205 Å². The summed E-state index contributed by atoms with van der Waals surface area (Å²) in [6.07, 6.45) is 0. The molecule has 3 aromatic carbocycles. The lowest BCUT2D eigenvalue weighted by Gasteiger charge is -2.12. The minimum Gasteiger partial charge on any atom is -0.493 e. The number of hydrogen-bond acceptors (Lipinski definition) is 9. The van der Waals surface area contributed by atoms with Gasteiger partial charge in [-0.25, -0.2) is 0 Å². The number of rotatable bonds is 8. The maximum Gasteiger partial charge on any atom is 0.273 e. The molecule has 36 heavy (non-hydrogen) atoms. The molecule has 0 bridgehead atoms. The number of benzene rings is 3. The van der Waals surface area contributed by atoms with E-state index in [4.69, 9.17) is 18.7 Å². The van der Waals surface area contributed by atoms with Crippen LogP contribution in [-0.4, -0.2) is 42.3 Å². The first-order valence-corrected chi connectivity index (χ1v) is 10.7. The van der Waals surface area contributed by atoms with Crippen molar-refractivity contribution in [3.8, 4) is 40.1 Å².